The fourth-order valence-electron chi connectivity index (χ4n) is 5.01. The number of benzene rings is 1. The number of aromatic nitrogens is 1. The summed E-state index contributed by atoms with van der Waals surface area (Å²) in [6.45, 7) is 3.81. The number of hydrogen-bond acceptors (Lipinski definition) is 6. The third-order valence-electron chi connectivity index (χ3n) is 6.50. The van der Waals surface area contributed by atoms with Gasteiger partial charge in [-0.05, 0) is 57.2 Å². The summed E-state index contributed by atoms with van der Waals surface area (Å²) in [4.78, 5) is 25.4. The monoisotopic (exact) mass is 410 g/mol. The van der Waals surface area contributed by atoms with E-state index < -0.39 is 5.97 Å². The Morgan fingerprint density at radius 2 is 2.03 bits per heavy atom. The summed E-state index contributed by atoms with van der Waals surface area (Å²) in [6, 6.07) is 5.33. The summed E-state index contributed by atoms with van der Waals surface area (Å²) < 4.78 is 12.5. The van der Waals surface area contributed by atoms with Gasteiger partial charge in [0.25, 0.3) is 0 Å². The average Bonchev–Trinajstić information content (AvgIpc) is 3.36. The van der Waals surface area contributed by atoms with E-state index in [0.717, 1.165) is 42.5 Å². The van der Waals surface area contributed by atoms with Crippen LogP contribution in [0.5, 0.6) is 5.75 Å². The largest absolute Gasteiger partial charge is 0.508 e. The molecule has 0 bridgehead atoms. The van der Waals surface area contributed by atoms with Crippen molar-refractivity contribution in [1.82, 2.24) is 4.68 Å². The molecule has 7 heteroatoms. The molecular weight excluding hydrogens is 384 g/mol. The highest BCUT2D eigenvalue weighted by atomic mass is 16.5. The van der Waals surface area contributed by atoms with Crippen molar-refractivity contribution < 1.29 is 19.4 Å². The van der Waals surface area contributed by atoms with Gasteiger partial charge in [-0.1, -0.05) is 0 Å². The minimum Gasteiger partial charge on any atom is -0.508 e. The lowest BCUT2D eigenvalue weighted by molar-refractivity contribution is 0.0375. The van der Waals surface area contributed by atoms with E-state index in [9.17, 15) is 14.7 Å². The lowest BCUT2D eigenvalue weighted by atomic mass is 9.92. The van der Waals surface area contributed by atoms with Crippen LogP contribution in [-0.4, -0.2) is 34.5 Å². The van der Waals surface area contributed by atoms with Crippen LogP contribution in [-0.2, 0) is 16.1 Å². The zero-order chi connectivity index (χ0) is 21.2. The van der Waals surface area contributed by atoms with E-state index in [-0.39, 0.29) is 41.0 Å². The normalized spacial score (nSPS) is 20.1. The molecule has 7 nitrogen and oxygen atoms in total. The van der Waals surface area contributed by atoms with Crippen LogP contribution in [0.4, 0.5) is 0 Å². The van der Waals surface area contributed by atoms with Crippen LogP contribution in [0.25, 0.3) is 11.3 Å². The summed E-state index contributed by atoms with van der Waals surface area (Å²) in [5, 5.41) is 12.8. The highest BCUT2D eigenvalue weighted by molar-refractivity contribution is 5.90. The van der Waals surface area contributed by atoms with Crippen LogP contribution in [0.1, 0.15) is 67.1 Å². The predicted octanol–water partition coefficient (Wildman–Crippen LogP) is 3.25. The van der Waals surface area contributed by atoms with Crippen LogP contribution in [0.15, 0.2) is 29.2 Å². The minimum absolute atomic E-state index is 0.0493. The van der Waals surface area contributed by atoms with Crippen LogP contribution < -0.4 is 10.4 Å². The van der Waals surface area contributed by atoms with Gasteiger partial charge >= 0.3 is 5.97 Å². The molecule has 1 aromatic carbocycles. The number of carbonyl (C=O) groups excluding carboxylic acids is 1. The van der Waals surface area contributed by atoms with Crippen molar-refractivity contribution >= 4 is 5.97 Å². The second-order valence-corrected chi connectivity index (χ2v) is 8.86. The van der Waals surface area contributed by atoms with Crippen molar-refractivity contribution in [2.45, 2.75) is 63.8 Å². The molecule has 3 heterocycles. The van der Waals surface area contributed by atoms with Crippen molar-refractivity contribution in [3.63, 3.8) is 0 Å². The van der Waals surface area contributed by atoms with Crippen molar-refractivity contribution in [3.8, 4) is 17.0 Å². The van der Waals surface area contributed by atoms with Gasteiger partial charge in [-0.15, -0.1) is 0 Å². The van der Waals surface area contributed by atoms with Gasteiger partial charge in [0.15, 0.2) is 5.43 Å². The number of rotatable bonds is 4. The van der Waals surface area contributed by atoms with Crippen LogP contribution in [0, 0.1) is 0 Å². The summed E-state index contributed by atoms with van der Waals surface area (Å²) >= 11 is 0. The van der Waals surface area contributed by atoms with E-state index in [0.29, 0.717) is 5.56 Å². The molecule has 30 heavy (non-hydrogen) atoms. The Morgan fingerprint density at radius 1 is 1.27 bits per heavy atom. The molecule has 0 unspecified atom stereocenters. The zero-order valence-electron chi connectivity index (χ0n) is 17.5. The second kappa shape index (κ2) is 6.60. The highest BCUT2D eigenvalue weighted by Gasteiger charge is 2.57. The molecule has 0 amide bonds. The Balaban J connectivity index is 1.72. The fraction of sp³-hybridized carbons (Fsp3) is 0.478. The maximum atomic E-state index is 12.9. The molecule has 1 N–H and O–H groups in total. The molecule has 0 radical (unpaired) electrons. The molecule has 1 saturated heterocycles. The number of pyridine rings is 1. The Morgan fingerprint density at radius 3 is 2.70 bits per heavy atom. The second-order valence-electron chi connectivity index (χ2n) is 8.86. The minimum atomic E-state index is -0.595. The summed E-state index contributed by atoms with van der Waals surface area (Å²) in [6.07, 6.45) is 5.54. The number of nitrogens with zero attached hydrogens (tertiary/aromatic N) is 2. The number of methoxy groups -OCH3 is 1. The molecule has 2 fully saturated rings. The standard InChI is InChI=1S/C23H26N2O5/c1-13(2)30-22(28)17-11-24-19(10-21(17)27)15-8-14(12-29-3)20(26)9-16(15)18-4-5-23(6-7-23)25(18)24/h8-11,13,18,26H,4-7,12H2,1-3H3/t18-/m1/s1. The first-order valence-electron chi connectivity index (χ1n) is 10.5. The molecular formula is C23H26N2O5. The van der Waals surface area contributed by atoms with E-state index in [4.69, 9.17) is 9.47 Å². The zero-order valence-corrected chi connectivity index (χ0v) is 17.5. The highest BCUT2D eigenvalue weighted by Crippen LogP contribution is 2.58. The van der Waals surface area contributed by atoms with E-state index in [2.05, 4.69) is 5.01 Å². The average molecular weight is 410 g/mol. The van der Waals surface area contributed by atoms with Gasteiger partial charge in [0.2, 0.25) is 0 Å². The Bertz CT molecular complexity index is 1100. The van der Waals surface area contributed by atoms with Gasteiger partial charge in [-0.3, -0.25) is 14.5 Å². The lowest BCUT2D eigenvalue weighted by Crippen LogP contribution is -2.46. The molecule has 2 aliphatic heterocycles. The van der Waals surface area contributed by atoms with E-state index in [1.807, 2.05) is 16.8 Å². The van der Waals surface area contributed by atoms with Gasteiger partial charge < -0.3 is 14.6 Å². The van der Waals surface area contributed by atoms with Gasteiger partial charge in [-0.2, -0.15) is 0 Å². The number of phenolic OH excluding ortho intramolecular Hbond substituents is 1. The first-order chi connectivity index (χ1) is 14.3. The quantitative estimate of drug-likeness (QED) is 0.780. The molecule has 1 aromatic heterocycles. The van der Waals surface area contributed by atoms with Crippen LogP contribution >= 0.6 is 0 Å². The van der Waals surface area contributed by atoms with E-state index in [1.54, 1.807) is 27.2 Å². The van der Waals surface area contributed by atoms with Crippen molar-refractivity contribution in [3.05, 3.63) is 51.3 Å². The molecule has 1 spiro atoms. The van der Waals surface area contributed by atoms with Gasteiger partial charge in [0.05, 0.1) is 30.0 Å². The van der Waals surface area contributed by atoms with Crippen molar-refractivity contribution in [2.24, 2.45) is 0 Å². The van der Waals surface area contributed by atoms with Crippen molar-refractivity contribution in [2.75, 3.05) is 12.1 Å². The molecule has 1 atom stereocenters. The number of ether oxygens (including phenoxy) is 2. The summed E-state index contributed by atoms with van der Waals surface area (Å²) in [5.74, 6) is -0.386. The number of carbonyl (C=O) groups is 1. The Kier molecular flexibility index (Phi) is 4.22. The number of esters is 1. The SMILES string of the molecule is COCc1cc2c(cc1O)[C@H]1CCC3(CC3)N1n1cc(C(=O)OC(C)C)c(=O)cc1-2. The first-order valence-corrected chi connectivity index (χ1v) is 10.5. The third kappa shape index (κ3) is 2.75. The third-order valence-corrected chi connectivity index (χ3v) is 6.50. The van der Waals surface area contributed by atoms with E-state index >= 15 is 0 Å². The molecule has 1 saturated carbocycles. The van der Waals surface area contributed by atoms with Gasteiger partial charge in [0.1, 0.15) is 11.3 Å². The predicted molar refractivity (Wildman–Crippen MR) is 111 cm³/mol. The molecule has 1 aliphatic carbocycles. The van der Waals surface area contributed by atoms with E-state index in [1.165, 1.54) is 6.07 Å². The number of hydrogen-bond donors (Lipinski definition) is 1. The van der Waals surface area contributed by atoms with Gasteiger partial charge in [-0.25, -0.2) is 4.79 Å². The van der Waals surface area contributed by atoms with Crippen LogP contribution in [0.3, 0.4) is 0 Å². The number of phenols is 1. The molecule has 3 aliphatic rings. The van der Waals surface area contributed by atoms with Crippen molar-refractivity contribution in [1.29, 1.82) is 0 Å². The fourth-order valence-corrected chi connectivity index (χ4v) is 5.01. The van der Waals surface area contributed by atoms with Crippen LogP contribution in [0.2, 0.25) is 0 Å². The molecule has 2 aromatic rings. The maximum absolute atomic E-state index is 12.9. The summed E-state index contributed by atoms with van der Waals surface area (Å²) in [5.41, 5.74) is 3.08. The Labute approximate surface area is 174 Å². The molecule has 158 valence electrons. The summed E-state index contributed by atoms with van der Waals surface area (Å²) in [7, 11) is 1.58. The number of aromatic hydroxyl groups is 1. The first kappa shape index (κ1) is 19.2. The van der Waals surface area contributed by atoms with Gasteiger partial charge in [0, 0.05) is 30.5 Å². The lowest BCUT2D eigenvalue weighted by Gasteiger charge is -2.41. The Hall–Kier alpha value is -2.80. The maximum Gasteiger partial charge on any atom is 0.343 e. The smallest absolute Gasteiger partial charge is 0.343 e. The molecule has 5 rings (SSSR count). The number of fused-ring (bicyclic) bond motifs is 7. The topological polar surface area (TPSA) is 81.0 Å².